The molecular formula is C15H13F2IN2O2. The summed E-state index contributed by atoms with van der Waals surface area (Å²) in [6.07, 6.45) is 1.35. The van der Waals surface area contributed by atoms with E-state index in [0.29, 0.717) is 5.56 Å². The summed E-state index contributed by atoms with van der Waals surface area (Å²) in [5.41, 5.74) is -1.13. The molecule has 0 fully saturated rings. The number of hydrogen-bond donors (Lipinski definition) is 1. The molecular weight excluding hydrogens is 405 g/mol. The third-order valence-corrected chi connectivity index (χ3v) is 3.84. The lowest BCUT2D eigenvalue weighted by Crippen LogP contribution is -2.42. The lowest BCUT2D eigenvalue weighted by Gasteiger charge is -2.32. The molecule has 0 aliphatic carbocycles. The van der Waals surface area contributed by atoms with Crippen LogP contribution in [0, 0.1) is 14.9 Å². The zero-order chi connectivity index (χ0) is 16.2. The number of nitrogens with zero attached hydrogens (tertiary/aromatic N) is 1. The number of carbonyl (C=O) groups is 1. The first-order chi connectivity index (χ1) is 10.5. The Bertz CT molecular complexity index is 651. The predicted octanol–water partition coefficient (Wildman–Crippen LogP) is 2.77. The highest BCUT2D eigenvalue weighted by Gasteiger charge is 2.38. The fourth-order valence-corrected chi connectivity index (χ4v) is 2.56. The molecule has 4 nitrogen and oxygen atoms in total. The average molecular weight is 418 g/mol. The van der Waals surface area contributed by atoms with Gasteiger partial charge in [0.05, 0.1) is 18.1 Å². The highest BCUT2D eigenvalue weighted by molar-refractivity contribution is 14.1. The van der Waals surface area contributed by atoms with Crippen molar-refractivity contribution in [3.8, 4) is 11.8 Å². The SMILES string of the molecule is N#CCCNC(=O)C1=CC(CF)(CF)Oc2ccc(I)cc21. The number of nitrogens with one attached hydrogen (secondary N) is 1. The van der Waals surface area contributed by atoms with E-state index >= 15 is 0 Å². The average Bonchev–Trinajstić information content (AvgIpc) is 2.54. The first kappa shape index (κ1) is 16.7. The maximum atomic E-state index is 13.3. The van der Waals surface area contributed by atoms with E-state index in [1.165, 1.54) is 6.08 Å². The van der Waals surface area contributed by atoms with Crippen molar-refractivity contribution in [2.75, 3.05) is 19.9 Å². The van der Waals surface area contributed by atoms with Crippen LogP contribution in [-0.2, 0) is 4.79 Å². The van der Waals surface area contributed by atoms with Gasteiger partial charge in [-0.3, -0.25) is 4.79 Å². The van der Waals surface area contributed by atoms with E-state index in [2.05, 4.69) is 27.9 Å². The van der Waals surface area contributed by atoms with Gasteiger partial charge in [0.1, 0.15) is 19.1 Å². The minimum Gasteiger partial charge on any atom is -0.477 e. The molecule has 2 rings (SSSR count). The van der Waals surface area contributed by atoms with Crippen LogP contribution >= 0.6 is 22.6 Å². The molecule has 1 aliphatic heterocycles. The van der Waals surface area contributed by atoms with Crippen LogP contribution in [0.4, 0.5) is 8.78 Å². The van der Waals surface area contributed by atoms with Crippen molar-refractivity contribution in [3.05, 3.63) is 33.4 Å². The maximum Gasteiger partial charge on any atom is 0.251 e. The summed E-state index contributed by atoms with van der Waals surface area (Å²) in [5.74, 6) is -0.211. The van der Waals surface area contributed by atoms with Crippen molar-refractivity contribution in [1.82, 2.24) is 5.32 Å². The topological polar surface area (TPSA) is 62.1 Å². The summed E-state index contributed by atoms with van der Waals surface area (Å²) in [5, 5.41) is 11.1. The van der Waals surface area contributed by atoms with E-state index in [4.69, 9.17) is 10.00 Å². The molecule has 1 aromatic carbocycles. The van der Waals surface area contributed by atoms with Gasteiger partial charge in [0, 0.05) is 15.7 Å². The Morgan fingerprint density at radius 1 is 1.41 bits per heavy atom. The molecule has 0 unspecified atom stereocenters. The predicted molar refractivity (Wildman–Crippen MR) is 85.7 cm³/mol. The molecule has 1 amide bonds. The largest absolute Gasteiger partial charge is 0.477 e. The monoisotopic (exact) mass is 418 g/mol. The number of carbonyl (C=O) groups excluding carboxylic acids is 1. The molecule has 0 radical (unpaired) electrons. The van der Waals surface area contributed by atoms with E-state index in [1.54, 1.807) is 18.2 Å². The van der Waals surface area contributed by atoms with Gasteiger partial charge in [0.25, 0.3) is 5.91 Å². The summed E-state index contributed by atoms with van der Waals surface area (Å²) in [4.78, 5) is 12.3. The van der Waals surface area contributed by atoms with Gasteiger partial charge < -0.3 is 10.1 Å². The second-order valence-electron chi connectivity index (χ2n) is 4.80. The van der Waals surface area contributed by atoms with Gasteiger partial charge in [-0.25, -0.2) is 8.78 Å². The molecule has 22 heavy (non-hydrogen) atoms. The summed E-state index contributed by atoms with van der Waals surface area (Å²) in [6, 6.07) is 6.95. The Morgan fingerprint density at radius 3 is 2.77 bits per heavy atom. The molecule has 0 saturated carbocycles. The van der Waals surface area contributed by atoms with Gasteiger partial charge in [-0.15, -0.1) is 0 Å². The molecule has 0 aromatic heterocycles. The number of rotatable bonds is 5. The number of hydrogen-bond acceptors (Lipinski definition) is 3. The van der Waals surface area contributed by atoms with E-state index in [0.717, 1.165) is 3.57 Å². The fourth-order valence-electron chi connectivity index (χ4n) is 2.07. The van der Waals surface area contributed by atoms with Crippen LogP contribution in [0.15, 0.2) is 24.3 Å². The van der Waals surface area contributed by atoms with Gasteiger partial charge in [-0.2, -0.15) is 5.26 Å². The second-order valence-corrected chi connectivity index (χ2v) is 6.04. The summed E-state index contributed by atoms with van der Waals surface area (Å²) >= 11 is 2.08. The van der Waals surface area contributed by atoms with Crippen LogP contribution in [0.2, 0.25) is 0 Å². The molecule has 7 heteroatoms. The van der Waals surface area contributed by atoms with Crippen LogP contribution in [-0.4, -0.2) is 31.4 Å². The summed E-state index contributed by atoms with van der Waals surface area (Å²) in [7, 11) is 0. The molecule has 0 bridgehead atoms. The highest BCUT2D eigenvalue weighted by atomic mass is 127. The third kappa shape index (κ3) is 3.38. The van der Waals surface area contributed by atoms with E-state index in [9.17, 15) is 13.6 Å². The number of halogens is 3. The molecule has 0 saturated heterocycles. The lowest BCUT2D eigenvalue weighted by atomic mass is 9.93. The minimum absolute atomic E-state index is 0.159. The normalized spacial score (nSPS) is 15.1. The number of nitriles is 1. The third-order valence-electron chi connectivity index (χ3n) is 3.17. The molecule has 1 aliphatic rings. The van der Waals surface area contributed by atoms with Crippen LogP contribution in [0.25, 0.3) is 5.57 Å². The number of benzene rings is 1. The molecule has 116 valence electrons. The highest BCUT2D eigenvalue weighted by Crippen LogP contribution is 2.37. The van der Waals surface area contributed by atoms with Gasteiger partial charge in [-0.05, 0) is 46.9 Å². The van der Waals surface area contributed by atoms with Gasteiger partial charge in [0.2, 0.25) is 0 Å². The van der Waals surface area contributed by atoms with Crippen molar-refractivity contribution in [2.45, 2.75) is 12.0 Å². The Kier molecular flexibility index (Phi) is 5.34. The summed E-state index contributed by atoms with van der Waals surface area (Å²) in [6.45, 7) is -1.99. The van der Waals surface area contributed by atoms with Crippen LogP contribution in [0.1, 0.15) is 12.0 Å². The van der Waals surface area contributed by atoms with Crippen LogP contribution < -0.4 is 10.1 Å². The minimum atomic E-state index is -1.78. The molecule has 1 N–H and O–H groups in total. The van der Waals surface area contributed by atoms with Crippen LogP contribution in [0.3, 0.4) is 0 Å². The number of ether oxygens (including phenoxy) is 1. The Morgan fingerprint density at radius 2 is 2.14 bits per heavy atom. The van der Waals surface area contributed by atoms with Gasteiger partial charge in [0.15, 0.2) is 5.60 Å². The maximum absolute atomic E-state index is 13.3. The Labute approximate surface area is 140 Å². The van der Waals surface area contributed by atoms with E-state index in [1.807, 2.05) is 6.07 Å². The molecule has 0 atom stereocenters. The standard InChI is InChI=1S/C15H13F2IN2O2/c16-8-15(9-17)7-12(14(21)20-5-1-4-19)11-6-10(18)2-3-13(11)22-15/h2-3,6-7H,1,5,8-9H2,(H,20,21). The zero-order valence-corrected chi connectivity index (χ0v) is 13.7. The van der Waals surface area contributed by atoms with Crippen molar-refractivity contribution in [1.29, 1.82) is 5.26 Å². The smallest absolute Gasteiger partial charge is 0.251 e. The lowest BCUT2D eigenvalue weighted by molar-refractivity contribution is -0.115. The molecule has 1 aromatic rings. The second kappa shape index (κ2) is 7.05. The van der Waals surface area contributed by atoms with Crippen molar-refractivity contribution in [3.63, 3.8) is 0 Å². The summed E-state index contributed by atoms with van der Waals surface area (Å²) < 4.78 is 32.8. The first-order valence-electron chi connectivity index (χ1n) is 6.54. The van der Waals surface area contributed by atoms with E-state index < -0.39 is 24.9 Å². The molecule has 0 spiro atoms. The van der Waals surface area contributed by atoms with Gasteiger partial charge in [-0.1, -0.05) is 0 Å². The first-order valence-corrected chi connectivity index (χ1v) is 7.62. The van der Waals surface area contributed by atoms with Crippen molar-refractivity contribution in [2.24, 2.45) is 0 Å². The molecule has 1 heterocycles. The van der Waals surface area contributed by atoms with E-state index in [-0.39, 0.29) is 24.3 Å². The number of alkyl halides is 2. The van der Waals surface area contributed by atoms with Crippen molar-refractivity contribution >= 4 is 34.1 Å². The van der Waals surface area contributed by atoms with Crippen LogP contribution in [0.5, 0.6) is 5.75 Å². The Balaban J connectivity index is 2.42. The Hall–Kier alpha value is -1.69. The quantitative estimate of drug-likeness (QED) is 0.591. The zero-order valence-electron chi connectivity index (χ0n) is 11.5. The number of amides is 1. The van der Waals surface area contributed by atoms with Gasteiger partial charge >= 0.3 is 0 Å². The number of fused-ring (bicyclic) bond motifs is 1. The fraction of sp³-hybridized carbons (Fsp3) is 0.333. The van der Waals surface area contributed by atoms with Crippen molar-refractivity contribution < 1.29 is 18.3 Å².